The highest BCUT2D eigenvalue weighted by Gasteiger charge is 2.17. The summed E-state index contributed by atoms with van der Waals surface area (Å²) < 4.78 is 0. The van der Waals surface area contributed by atoms with Crippen LogP contribution in [-0.4, -0.2) is 48.6 Å². The molecule has 0 bridgehead atoms. The van der Waals surface area contributed by atoms with Crippen LogP contribution in [0, 0.1) is 0 Å². The van der Waals surface area contributed by atoms with Gasteiger partial charge in [0.1, 0.15) is 0 Å². The molecule has 0 radical (unpaired) electrons. The predicted octanol–water partition coefficient (Wildman–Crippen LogP) is 3.23. The molecule has 0 saturated heterocycles. The van der Waals surface area contributed by atoms with Crippen LogP contribution in [0.1, 0.15) is 69.4 Å². The summed E-state index contributed by atoms with van der Waals surface area (Å²) in [5.41, 5.74) is 2.25. The van der Waals surface area contributed by atoms with Gasteiger partial charge < -0.3 is 20.4 Å². The maximum Gasteiger partial charge on any atom is 0.303 e. The van der Waals surface area contributed by atoms with E-state index in [1.165, 1.54) is 6.08 Å². The van der Waals surface area contributed by atoms with Crippen molar-refractivity contribution in [3.63, 3.8) is 0 Å². The molecule has 7 heteroatoms. The number of nitrogens with zero attached hydrogens (tertiary/aromatic N) is 2. The summed E-state index contributed by atoms with van der Waals surface area (Å²) in [4.78, 5) is 19.7. The van der Waals surface area contributed by atoms with Crippen LogP contribution in [0.2, 0.25) is 0 Å². The first kappa shape index (κ1) is 22.9. The third kappa shape index (κ3) is 7.20. The van der Waals surface area contributed by atoms with E-state index in [4.69, 9.17) is 5.11 Å². The molecule has 0 aliphatic rings. The first-order valence-electron chi connectivity index (χ1n) is 10.1. The normalized spacial score (nSPS) is 14.9. The van der Waals surface area contributed by atoms with Gasteiger partial charge in [-0.15, -0.1) is 0 Å². The second-order valence-corrected chi connectivity index (χ2v) is 7.20. The van der Waals surface area contributed by atoms with Gasteiger partial charge in [-0.1, -0.05) is 44.4 Å². The molecule has 3 atom stereocenters. The molecular weight excluding hydrogens is 372 g/mol. The van der Waals surface area contributed by atoms with Crippen LogP contribution < -0.4 is 0 Å². The highest BCUT2D eigenvalue weighted by molar-refractivity contribution is 5.75. The number of hydrogen-bond acceptors (Lipinski definition) is 6. The van der Waals surface area contributed by atoms with Gasteiger partial charge in [-0.2, -0.15) is 0 Å². The number of unbranched alkanes of at least 4 members (excludes halogenated alkanes) is 2. The number of aromatic nitrogens is 2. The fourth-order valence-electron chi connectivity index (χ4n) is 3.07. The van der Waals surface area contributed by atoms with Crippen molar-refractivity contribution >= 4 is 23.1 Å². The quantitative estimate of drug-likeness (QED) is 0.402. The minimum absolute atomic E-state index is 0.0578. The summed E-state index contributed by atoms with van der Waals surface area (Å²) in [5.74, 6) is -0.935. The number of aliphatic carboxylic acids is 1. The van der Waals surface area contributed by atoms with Crippen LogP contribution in [0.3, 0.4) is 0 Å². The van der Waals surface area contributed by atoms with E-state index in [9.17, 15) is 20.1 Å². The van der Waals surface area contributed by atoms with E-state index in [1.54, 1.807) is 6.08 Å². The van der Waals surface area contributed by atoms with Crippen molar-refractivity contribution in [1.29, 1.82) is 0 Å². The summed E-state index contributed by atoms with van der Waals surface area (Å²) >= 11 is 0. The van der Waals surface area contributed by atoms with Crippen LogP contribution in [0.15, 0.2) is 30.3 Å². The molecule has 0 fully saturated rings. The van der Waals surface area contributed by atoms with E-state index in [1.807, 2.05) is 24.3 Å². The Hall–Kier alpha value is -2.35. The van der Waals surface area contributed by atoms with Crippen molar-refractivity contribution in [3.8, 4) is 0 Å². The molecular formula is C22H30N2O5. The molecule has 2 rings (SSSR count). The monoisotopic (exact) mass is 402 g/mol. The third-order valence-electron chi connectivity index (χ3n) is 4.76. The van der Waals surface area contributed by atoms with Crippen LogP contribution in [0.25, 0.3) is 17.1 Å². The van der Waals surface area contributed by atoms with Gasteiger partial charge in [-0.3, -0.25) is 4.79 Å². The zero-order valence-electron chi connectivity index (χ0n) is 16.7. The highest BCUT2D eigenvalue weighted by Crippen LogP contribution is 2.24. The topological polar surface area (TPSA) is 124 Å². The summed E-state index contributed by atoms with van der Waals surface area (Å²) in [6, 6.07) is 7.36. The fraction of sp³-hybridized carbons (Fsp3) is 0.500. The van der Waals surface area contributed by atoms with Gasteiger partial charge in [0.15, 0.2) is 0 Å². The molecule has 3 unspecified atom stereocenters. The number of fused-ring (bicyclic) bond motifs is 1. The number of aliphatic hydroxyl groups is 3. The number of para-hydroxylation sites is 2. The summed E-state index contributed by atoms with van der Waals surface area (Å²) in [5, 5.41) is 39.5. The van der Waals surface area contributed by atoms with E-state index in [-0.39, 0.29) is 19.3 Å². The van der Waals surface area contributed by atoms with Crippen molar-refractivity contribution in [2.75, 3.05) is 0 Å². The average Bonchev–Trinajstić information content (AvgIpc) is 2.70. The van der Waals surface area contributed by atoms with E-state index in [0.717, 1.165) is 19.3 Å². The minimum Gasteiger partial charge on any atom is -0.481 e. The molecule has 158 valence electrons. The zero-order chi connectivity index (χ0) is 21.2. The Labute approximate surface area is 170 Å². The Morgan fingerprint density at radius 2 is 1.72 bits per heavy atom. The van der Waals surface area contributed by atoms with Gasteiger partial charge in [0.05, 0.1) is 40.7 Å². The number of carbonyl (C=O) groups is 1. The lowest BCUT2D eigenvalue weighted by molar-refractivity contribution is -0.137. The molecule has 1 aromatic carbocycles. The van der Waals surface area contributed by atoms with Crippen molar-refractivity contribution in [1.82, 2.24) is 9.97 Å². The van der Waals surface area contributed by atoms with Gasteiger partial charge in [0, 0.05) is 6.42 Å². The van der Waals surface area contributed by atoms with E-state index in [0.29, 0.717) is 28.8 Å². The lowest BCUT2D eigenvalue weighted by Gasteiger charge is -2.15. The Morgan fingerprint density at radius 3 is 2.38 bits per heavy atom. The van der Waals surface area contributed by atoms with E-state index >= 15 is 0 Å². The van der Waals surface area contributed by atoms with Crippen molar-refractivity contribution < 1.29 is 25.2 Å². The van der Waals surface area contributed by atoms with Gasteiger partial charge in [-0.05, 0) is 37.5 Å². The van der Waals surface area contributed by atoms with Crippen molar-refractivity contribution in [2.24, 2.45) is 0 Å². The lowest BCUT2D eigenvalue weighted by Crippen LogP contribution is -2.23. The first-order chi connectivity index (χ1) is 13.9. The Morgan fingerprint density at radius 1 is 1.03 bits per heavy atom. The molecule has 0 amide bonds. The Bertz CT molecular complexity index is 824. The van der Waals surface area contributed by atoms with Crippen LogP contribution in [0.5, 0.6) is 0 Å². The molecule has 29 heavy (non-hydrogen) atoms. The molecule has 4 N–H and O–H groups in total. The number of aliphatic hydroxyl groups excluding tert-OH is 3. The van der Waals surface area contributed by atoms with Gasteiger partial charge in [0.25, 0.3) is 0 Å². The second-order valence-electron chi connectivity index (χ2n) is 7.20. The Balaban J connectivity index is 2.19. The van der Waals surface area contributed by atoms with Crippen LogP contribution >= 0.6 is 0 Å². The molecule has 0 aliphatic heterocycles. The summed E-state index contributed by atoms with van der Waals surface area (Å²) in [7, 11) is 0. The zero-order valence-corrected chi connectivity index (χ0v) is 16.7. The van der Waals surface area contributed by atoms with Crippen molar-refractivity contribution in [3.05, 3.63) is 41.7 Å². The molecule has 7 nitrogen and oxygen atoms in total. The lowest BCUT2D eigenvalue weighted by atomic mass is 10.0. The fourth-order valence-corrected chi connectivity index (χ4v) is 3.07. The predicted molar refractivity (Wildman–Crippen MR) is 111 cm³/mol. The standard InChI is InChI=1S/C22H30N2O5/c1-2-3-4-10-20(27)22-17(23-15-8-5-6-9-16(15)24-22)13-14-19(26)18(25)11-7-12-21(28)29/h5-6,8-9,13-14,18-20,25-27H,2-4,7,10-12H2,1H3,(H,28,29)/b14-13+. The summed E-state index contributed by atoms with van der Waals surface area (Å²) in [6.07, 6.45) is 3.87. The van der Waals surface area contributed by atoms with E-state index in [2.05, 4.69) is 16.9 Å². The maximum absolute atomic E-state index is 10.6. The van der Waals surface area contributed by atoms with E-state index < -0.39 is 24.3 Å². The number of carboxylic acids is 1. The maximum atomic E-state index is 10.6. The average molecular weight is 402 g/mol. The number of hydrogen-bond donors (Lipinski definition) is 4. The molecule has 0 saturated carbocycles. The molecule has 1 heterocycles. The SMILES string of the molecule is CCCCCC(O)c1nc2ccccc2nc1/C=C/C(O)C(O)CCCC(=O)O. The molecule has 0 aliphatic carbocycles. The molecule has 0 spiro atoms. The van der Waals surface area contributed by atoms with Crippen LogP contribution in [-0.2, 0) is 4.79 Å². The van der Waals surface area contributed by atoms with Gasteiger partial charge in [-0.25, -0.2) is 9.97 Å². The van der Waals surface area contributed by atoms with Gasteiger partial charge >= 0.3 is 5.97 Å². The van der Waals surface area contributed by atoms with Crippen LogP contribution in [0.4, 0.5) is 0 Å². The first-order valence-corrected chi connectivity index (χ1v) is 10.1. The smallest absolute Gasteiger partial charge is 0.303 e. The molecule has 2 aromatic rings. The summed E-state index contributed by atoms with van der Waals surface area (Å²) in [6.45, 7) is 2.10. The Kier molecular flexibility index (Phi) is 9.18. The minimum atomic E-state index is -1.16. The number of benzene rings is 1. The highest BCUT2D eigenvalue weighted by atomic mass is 16.4. The largest absolute Gasteiger partial charge is 0.481 e. The number of rotatable bonds is 12. The number of carboxylic acid groups (broad SMARTS) is 1. The second kappa shape index (κ2) is 11.6. The van der Waals surface area contributed by atoms with Crippen molar-refractivity contribution in [2.45, 2.75) is 70.2 Å². The molecule has 1 aromatic heterocycles. The third-order valence-corrected chi connectivity index (χ3v) is 4.76. The van der Waals surface area contributed by atoms with Gasteiger partial charge in [0.2, 0.25) is 0 Å².